The lowest BCUT2D eigenvalue weighted by Gasteiger charge is -2.19. The fourth-order valence-corrected chi connectivity index (χ4v) is 1.35. The van der Waals surface area contributed by atoms with Crippen LogP contribution < -0.4 is 5.32 Å². The third-order valence-electron chi connectivity index (χ3n) is 1.82. The summed E-state index contributed by atoms with van der Waals surface area (Å²) in [5.41, 5.74) is 0.452. The van der Waals surface area contributed by atoms with Gasteiger partial charge < -0.3 is 10.1 Å². The number of hydrogen-bond donors (Lipinski definition) is 1. The predicted molar refractivity (Wildman–Crippen MR) is 72.5 cm³/mol. The molecule has 1 heterocycles. The molecular formula is C13H17ClN2O2. The van der Waals surface area contributed by atoms with E-state index in [1.807, 2.05) is 39.0 Å². The standard InChI is InChI=1S/C13H17ClN2O2/c1-13(2,3)18-12(17)16-7-4-5-10-6-8-15-11(14)9-10/h4-6,8-9H,7H2,1-3H3,(H,16,17). The average molecular weight is 269 g/mol. The number of alkyl carbamates (subject to hydrolysis) is 1. The van der Waals surface area contributed by atoms with Gasteiger partial charge in [-0.15, -0.1) is 0 Å². The van der Waals surface area contributed by atoms with Crippen molar-refractivity contribution in [2.24, 2.45) is 0 Å². The molecule has 0 radical (unpaired) electrons. The number of hydrogen-bond acceptors (Lipinski definition) is 3. The summed E-state index contributed by atoms with van der Waals surface area (Å²) in [6.45, 7) is 5.86. The molecule has 1 amide bonds. The monoisotopic (exact) mass is 268 g/mol. The van der Waals surface area contributed by atoms with Gasteiger partial charge in [-0.2, -0.15) is 0 Å². The second-order valence-electron chi connectivity index (χ2n) is 4.70. The molecule has 0 spiro atoms. The van der Waals surface area contributed by atoms with Gasteiger partial charge in [-0.1, -0.05) is 23.8 Å². The largest absolute Gasteiger partial charge is 0.444 e. The van der Waals surface area contributed by atoms with Gasteiger partial charge in [-0.25, -0.2) is 9.78 Å². The first-order chi connectivity index (χ1) is 8.37. The highest BCUT2D eigenvalue weighted by Gasteiger charge is 2.14. The van der Waals surface area contributed by atoms with Crippen molar-refractivity contribution in [3.63, 3.8) is 0 Å². The van der Waals surface area contributed by atoms with Crippen LogP contribution in [0.1, 0.15) is 26.3 Å². The van der Waals surface area contributed by atoms with E-state index >= 15 is 0 Å². The van der Waals surface area contributed by atoms with Crippen LogP contribution in [0.5, 0.6) is 0 Å². The molecule has 0 saturated carbocycles. The fourth-order valence-electron chi connectivity index (χ4n) is 1.17. The predicted octanol–water partition coefficient (Wildman–Crippen LogP) is 3.27. The van der Waals surface area contributed by atoms with Gasteiger partial charge in [0.05, 0.1) is 0 Å². The van der Waals surface area contributed by atoms with Crippen LogP contribution >= 0.6 is 11.6 Å². The lowest BCUT2D eigenvalue weighted by Crippen LogP contribution is -2.32. The SMILES string of the molecule is CC(C)(C)OC(=O)NCC=Cc1ccnc(Cl)c1. The second kappa shape index (κ2) is 6.40. The van der Waals surface area contributed by atoms with Gasteiger partial charge in [0.15, 0.2) is 0 Å². The number of carbonyl (C=O) groups excluding carboxylic acids is 1. The summed E-state index contributed by atoms with van der Waals surface area (Å²) >= 11 is 5.75. The zero-order valence-electron chi connectivity index (χ0n) is 10.7. The molecule has 0 bridgehead atoms. The summed E-state index contributed by atoms with van der Waals surface area (Å²) < 4.78 is 5.09. The number of pyridine rings is 1. The molecule has 4 nitrogen and oxygen atoms in total. The third kappa shape index (κ3) is 6.25. The quantitative estimate of drug-likeness (QED) is 0.856. The second-order valence-corrected chi connectivity index (χ2v) is 5.08. The number of carbonyl (C=O) groups is 1. The van der Waals surface area contributed by atoms with Gasteiger partial charge in [0.25, 0.3) is 0 Å². The van der Waals surface area contributed by atoms with Gasteiger partial charge in [-0.3, -0.25) is 0 Å². The molecule has 1 N–H and O–H groups in total. The molecule has 5 heteroatoms. The van der Waals surface area contributed by atoms with Crippen LogP contribution in [0.15, 0.2) is 24.4 Å². The van der Waals surface area contributed by atoms with Crippen LogP contribution in [0.25, 0.3) is 6.08 Å². The van der Waals surface area contributed by atoms with Gasteiger partial charge in [-0.05, 0) is 38.5 Å². The van der Waals surface area contributed by atoms with Gasteiger partial charge in [0.2, 0.25) is 0 Å². The highest BCUT2D eigenvalue weighted by molar-refractivity contribution is 6.29. The van der Waals surface area contributed by atoms with Crippen LogP contribution in [-0.2, 0) is 4.74 Å². The molecule has 0 fully saturated rings. The Balaban J connectivity index is 2.36. The van der Waals surface area contributed by atoms with Crippen molar-refractivity contribution in [3.05, 3.63) is 35.1 Å². The molecule has 0 aliphatic carbocycles. The Morgan fingerprint density at radius 1 is 1.56 bits per heavy atom. The maximum absolute atomic E-state index is 11.3. The Hall–Kier alpha value is -1.55. The lowest BCUT2D eigenvalue weighted by molar-refractivity contribution is 0.0534. The summed E-state index contributed by atoms with van der Waals surface area (Å²) in [6, 6.07) is 3.57. The lowest BCUT2D eigenvalue weighted by atomic mass is 10.2. The minimum Gasteiger partial charge on any atom is -0.444 e. The van der Waals surface area contributed by atoms with E-state index in [9.17, 15) is 4.79 Å². The highest BCUT2D eigenvalue weighted by Crippen LogP contribution is 2.08. The van der Waals surface area contributed by atoms with Crippen LogP contribution in [0.4, 0.5) is 4.79 Å². The van der Waals surface area contributed by atoms with E-state index in [0.29, 0.717) is 11.7 Å². The van der Waals surface area contributed by atoms with Crippen LogP contribution in [0, 0.1) is 0 Å². The molecule has 0 unspecified atom stereocenters. The van der Waals surface area contributed by atoms with E-state index in [0.717, 1.165) is 5.56 Å². The van der Waals surface area contributed by atoms with Crippen molar-refractivity contribution >= 4 is 23.8 Å². The normalized spacial score (nSPS) is 11.6. The average Bonchev–Trinajstić information content (AvgIpc) is 2.22. The van der Waals surface area contributed by atoms with Crippen molar-refractivity contribution in [1.29, 1.82) is 0 Å². The molecule has 1 aromatic rings. The fraction of sp³-hybridized carbons (Fsp3) is 0.385. The van der Waals surface area contributed by atoms with Gasteiger partial charge >= 0.3 is 6.09 Å². The molecule has 0 atom stereocenters. The van der Waals surface area contributed by atoms with Gasteiger partial charge in [0, 0.05) is 12.7 Å². The van der Waals surface area contributed by atoms with E-state index in [4.69, 9.17) is 16.3 Å². The maximum Gasteiger partial charge on any atom is 0.407 e. The summed E-state index contributed by atoms with van der Waals surface area (Å²) in [4.78, 5) is 15.2. The Kier molecular flexibility index (Phi) is 5.16. The third-order valence-corrected chi connectivity index (χ3v) is 2.03. The van der Waals surface area contributed by atoms with Crippen LogP contribution in [0.3, 0.4) is 0 Å². The number of nitrogens with zero attached hydrogens (tertiary/aromatic N) is 1. The van der Waals surface area contributed by atoms with E-state index in [-0.39, 0.29) is 0 Å². The molecule has 1 rings (SSSR count). The molecule has 18 heavy (non-hydrogen) atoms. The van der Waals surface area contributed by atoms with Crippen molar-refractivity contribution in [2.75, 3.05) is 6.54 Å². The van der Waals surface area contributed by atoms with Crippen molar-refractivity contribution in [1.82, 2.24) is 10.3 Å². The van der Waals surface area contributed by atoms with E-state index in [1.165, 1.54) is 0 Å². The number of nitrogens with one attached hydrogen (secondary N) is 1. The number of rotatable bonds is 3. The molecule has 0 aliphatic rings. The van der Waals surface area contributed by atoms with E-state index < -0.39 is 11.7 Å². The zero-order valence-corrected chi connectivity index (χ0v) is 11.5. The maximum atomic E-state index is 11.3. The molecule has 98 valence electrons. The molecular weight excluding hydrogens is 252 g/mol. The van der Waals surface area contributed by atoms with Crippen molar-refractivity contribution < 1.29 is 9.53 Å². The number of amides is 1. The number of aromatic nitrogens is 1. The summed E-state index contributed by atoms with van der Waals surface area (Å²) in [6.07, 6.45) is 4.86. The van der Waals surface area contributed by atoms with E-state index in [1.54, 1.807) is 12.3 Å². The minimum atomic E-state index is -0.480. The smallest absolute Gasteiger partial charge is 0.407 e. The highest BCUT2D eigenvalue weighted by atomic mass is 35.5. The summed E-state index contributed by atoms with van der Waals surface area (Å²) in [5, 5.41) is 3.07. The topological polar surface area (TPSA) is 51.2 Å². The molecule has 1 aromatic heterocycles. The van der Waals surface area contributed by atoms with Gasteiger partial charge in [0.1, 0.15) is 10.8 Å². The molecule has 0 saturated heterocycles. The Bertz CT molecular complexity index is 439. The first kappa shape index (κ1) is 14.5. The Morgan fingerprint density at radius 3 is 2.89 bits per heavy atom. The van der Waals surface area contributed by atoms with Crippen molar-refractivity contribution in [3.8, 4) is 0 Å². The molecule has 0 aliphatic heterocycles. The Labute approximate surface area is 112 Å². The number of ether oxygens (including phenoxy) is 1. The van der Waals surface area contributed by atoms with Crippen molar-refractivity contribution in [2.45, 2.75) is 26.4 Å². The first-order valence-electron chi connectivity index (χ1n) is 5.62. The minimum absolute atomic E-state index is 0.398. The van der Waals surface area contributed by atoms with E-state index in [2.05, 4.69) is 10.3 Å². The van der Waals surface area contributed by atoms with Crippen LogP contribution in [0.2, 0.25) is 5.15 Å². The first-order valence-corrected chi connectivity index (χ1v) is 5.99. The van der Waals surface area contributed by atoms with Crippen LogP contribution in [-0.4, -0.2) is 23.2 Å². The summed E-state index contributed by atoms with van der Waals surface area (Å²) in [7, 11) is 0. The molecule has 0 aromatic carbocycles. The summed E-state index contributed by atoms with van der Waals surface area (Å²) in [5.74, 6) is 0. The Morgan fingerprint density at radius 2 is 2.28 bits per heavy atom. The number of halogens is 1. The zero-order chi connectivity index (χ0) is 13.6.